The first-order chi connectivity index (χ1) is 12.6. The summed E-state index contributed by atoms with van der Waals surface area (Å²) in [6.45, 7) is 2.24. The highest BCUT2D eigenvalue weighted by Gasteiger charge is 2.37. The number of hydrogen-bond donors (Lipinski definition) is 0. The lowest BCUT2D eigenvalue weighted by atomic mass is 9.64. The van der Waals surface area contributed by atoms with Crippen molar-refractivity contribution < 1.29 is 8.78 Å². The number of fused-ring (bicyclic) bond motifs is 3. The van der Waals surface area contributed by atoms with Crippen molar-refractivity contribution in [1.29, 1.82) is 5.26 Å². The zero-order chi connectivity index (χ0) is 18.3. The van der Waals surface area contributed by atoms with Crippen LogP contribution < -0.4 is 0 Å². The summed E-state index contributed by atoms with van der Waals surface area (Å²) in [5.74, 6) is 0.761. The van der Waals surface area contributed by atoms with Gasteiger partial charge in [-0.25, -0.2) is 8.78 Å². The third-order valence-electron chi connectivity index (χ3n) is 6.49. The minimum Gasteiger partial charge on any atom is -0.206 e. The van der Waals surface area contributed by atoms with E-state index in [4.69, 9.17) is 5.26 Å². The summed E-state index contributed by atoms with van der Waals surface area (Å²) in [7, 11) is 0. The normalized spacial score (nSPS) is 24.5. The Balaban J connectivity index is 1.74. The van der Waals surface area contributed by atoms with Gasteiger partial charge in [-0.3, -0.25) is 0 Å². The molecule has 3 atom stereocenters. The molecule has 3 heteroatoms. The molecule has 26 heavy (non-hydrogen) atoms. The summed E-state index contributed by atoms with van der Waals surface area (Å²) in [6, 6.07) is 10.1. The predicted octanol–water partition coefficient (Wildman–Crippen LogP) is 6.36. The first kappa shape index (κ1) is 17.2. The van der Waals surface area contributed by atoms with Crippen LogP contribution >= 0.6 is 0 Å². The van der Waals surface area contributed by atoms with Crippen LogP contribution in [0.4, 0.5) is 8.78 Å². The van der Waals surface area contributed by atoms with Crippen LogP contribution in [0.15, 0.2) is 30.3 Å². The minimum atomic E-state index is -0.482. The lowest BCUT2D eigenvalue weighted by Gasteiger charge is -2.40. The SMILES string of the molecule is CC[C@@H]1CC[C@@H]2c3cc(F)c(-c4ccc(C#N)cc4)c(F)c3CC[C@H]2C1. The largest absolute Gasteiger partial charge is 0.206 e. The maximum atomic E-state index is 15.3. The van der Waals surface area contributed by atoms with E-state index in [0.717, 1.165) is 30.7 Å². The first-order valence-electron chi connectivity index (χ1n) is 9.63. The van der Waals surface area contributed by atoms with E-state index in [1.54, 1.807) is 30.3 Å². The molecular weight excluding hydrogens is 328 g/mol. The Labute approximate surface area is 153 Å². The zero-order valence-corrected chi connectivity index (χ0v) is 15.1. The van der Waals surface area contributed by atoms with E-state index in [-0.39, 0.29) is 5.56 Å². The molecule has 0 aliphatic heterocycles. The fraction of sp³-hybridized carbons (Fsp3) is 0.435. The number of halogens is 2. The average molecular weight is 351 g/mol. The molecular formula is C23H23F2N. The smallest absolute Gasteiger partial charge is 0.137 e. The number of nitrogens with zero attached hydrogens (tertiary/aromatic N) is 1. The molecule has 0 radical (unpaired) electrons. The Hall–Kier alpha value is -2.21. The van der Waals surface area contributed by atoms with Gasteiger partial charge in [0, 0.05) is 0 Å². The fourth-order valence-electron chi connectivity index (χ4n) is 5.03. The van der Waals surface area contributed by atoms with Gasteiger partial charge in [-0.1, -0.05) is 25.5 Å². The highest BCUT2D eigenvalue weighted by Crippen LogP contribution is 2.49. The lowest BCUT2D eigenvalue weighted by Crippen LogP contribution is -2.28. The number of benzene rings is 2. The molecule has 2 aromatic carbocycles. The van der Waals surface area contributed by atoms with Crippen molar-refractivity contribution in [1.82, 2.24) is 0 Å². The predicted molar refractivity (Wildman–Crippen MR) is 98.7 cm³/mol. The minimum absolute atomic E-state index is 0.0499. The molecule has 4 rings (SSSR count). The second kappa shape index (κ2) is 6.83. The number of rotatable bonds is 2. The Kier molecular flexibility index (Phi) is 4.53. The number of hydrogen-bond acceptors (Lipinski definition) is 1. The van der Waals surface area contributed by atoms with Crippen LogP contribution in [-0.4, -0.2) is 0 Å². The van der Waals surface area contributed by atoms with E-state index in [2.05, 4.69) is 6.92 Å². The second-order valence-electron chi connectivity index (χ2n) is 7.80. The van der Waals surface area contributed by atoms with Crippen LogP contribution in [0.5, 0.6) is 0 Å². The van der Waals surface area contributed by atoms with E-state index in [1.807, 2.05) is 6.07 Å². The summed E-state index contributed by atoms with van der Waals surface area (Å²) < 4.78 is 30.2. The van der Waals surface area contributed by atoms with Gasteiger partial charge in [0.1, 0.15) is 11.6 Å². The molecule has 2 aliphatic rings. The van der Waals surface area contributed by atoms with Gasteiger partial charge in [-0.05, 0) is 84.7 Å². The molecule has 0 bridgehead atoms. The van der Waals surface area contributed by atoms with Crippen LogP contribution in [0, 0.1) is 34.8 Å². The Bertz CT molecular complexity index is 863. The lowest BCUT2D eigenvalue weighted by molar-refractivity contribution is 0.204. The van der Waals surface area contributed by atoms with Crippen molar-refractivity contribution in [2.75, 3.05) is 0 Å². The monoisotopic (exact) mass is 351 g/mol. The van der Waals surface area contributed by atoms with Crippen molar-refractivity contribution in [3.8, 4) is 17.2 Å². The van der Waals surface area contributed by atoms with E-state index in [9.17, 15) is 4.39 Å². The van der Waals surface area contributed by atoms with Gasteiger partial charge in [0.05, 0.1) is 17.2 Å². The van der Waals surface area contributed by atoms with E-state index in [1.165, 1.54) is 12.8 Å². The van der Waals surface area contributed by atoms with Gasteiger partial charge in [0.25, 0.3) is 0 Å². The van der Waals surface area contributed by atoms with Gasteiger partial charge in [-0.2, -0.15) is 5.26 Å². The summed E-state index contributed by atoms with van der Waals surface area (Å²) in [5.41, 5.74) is 2.65. The standard InChI is InChI=1S/C23H23F2N/c1-2-14-5-9-18-17(11-14)8-10-19-20(18)12-21(24)22(23(19)25)16-6-3-15(13-26)4-7-16/h3-4,6-7,12,14,17-18H,2,5,8-11H2,1H3/t14-,17+,18+/m1/s1. The van der Waals surface area contributed by atoms with Gasteiger partial charge in [-0.15, -0.1) is 0 Å². The first-order valence-corrected chi connectivity index (χ1v) is 9.63. The van der Waals surface area contributed by atoms with Crippen molar-refractivity contribution in [3.63, 3.8) is 0 Å². The van der Waals surface area contributed by atoms with Crippen LogP contribution in [0.3, 0.4) is 0 Å². The Morgan fingerprint density at radius 3 is 2.58 bits per heavy atom. The Morgan fingerprint density at radius 2 is 1.88 bits per heavy atom. The molecule has 0 N–H and O–H groups in total. The molecule has 0 amide bonds. The highest BCUT2D eigenvalue weighted by molar-refractivity contribution is 5.68. The van der Waals surface area contributed by atoms with Crippen LogP contribution in [0.25, 0.3) is 11.1 Å². The van der Waals surface area contributed by atoms with Gasteiger partial charge >= 0.3 is 0 Å². The zero-order valence-electron chi connectivity index (χ0n) is 15.1. The third-order valence-corrected chi connectivity index (χ3v) is 6.49. The topological polar surface area (TPSA) is 23.8 Å². The fourth-order valence-corrected chi connectivity index (χ4v) is 5.03. The molecule has 0 heterocycles. The van der Waals surface area contributed by atoms with Crippen molar-refractivity contribution in [2.24, 2.45) is 11.8 Å². The van der Waals surface area contributed by atoms with Crippen LogP contribution in [0.1, 0.15) is 61.6 Å². The van der Waals surface area contributed by atoms with E-state index in [0.29, 0.717) is 34.9 Å². The molecule has 134 valence electrons. The Morgan fingerprint density at radius 1 is 1.12 bits per heavy atom. The molecule has 1 saturated carbocycles. The molecule has 2 aliphatic carbocycles. The van der Waals surface area contributed by atoms with Crippen molar-refractivity contribution in [2.45, 2.75) is 51.4 Å². The molecule has 2 aromatic rings. The average Bonchev–Trinajstić information content (AvgIpc) is 2.67. The summed E-state index contributed by atoms with van der Waals surface area (Å²) in [6.07, 6.45) is 6.31. The van der Waals surface area contributed by atoms with Crippen LogP contribution in [-0.2, 0) is 6.42 Å². The quantitative estimate of drug-likeness (QED) is 0.617. The van der Waals surface area contributed by atoms with Crippen molar-refractivity contribution >= 4 is 0 Å². The van der Waals surface area contributed by atoms with Gasteiger partial charge < -0.3 is 0 Å². The third kappa shape index (κ3) is 2.82. The highest BCUT2D eigenvalue weighted by atomic mass is 19.1. The summed E-state index contributed by atoms with van der Waals surface area (Å²) >= 11 is 0. The molecule has 0 spiro atoms. The maximum absolute atomic E-state index is 15.3. The molecule has 0 unspecified atom stereocenters. The van der Waals surface area contributed by atoms with Crippen molar-refractivity contribution in [3.05, 3.63) is 58.7 Å². The van der Waals surface area contributed by atoms with Gasteiger partial charge in [0.2, 0.25) is 0 Å². The van der Waals surface area contributed by atoms with Gasteiger partial charge in [0.15, 0.2) is 0 Å². The van der Waals surface area contributed by atoms with E-state index >= 15 is 4.39 Å². The van der Waals surface area contributed by atoms with Crippen LogP contribution in [0.2, 0.25) is 0 Å². The molecule has 0 saturated heterocycles. The molecule has 1 fully saturated rings. The molecule has 0 aromatic heterocycles. The summed E-state index contributed by atoms with van der Waals surface area (Å²) in [4.78, 5) is 0. The van der Waals surface area contributed by atoms with E-state index < -0.39 is 11.6 Å². The second-order valence-corrected chi connectivity index (χ2v) is 7.80. The molecule has 1 nitrogen and oxygen atoms in total. The maximum Gasteiger partial charge on any atom is 0.137 e. The summed E-state index contributed by atoms with van der Waals surface area (Å²) in [5, 5.41) is 8.91. The number of nitriles is 1.